The molecule has 0 aliphatic rings. The van der Waals surface area contributed by atoms with Crippen LogP contribution in [0.25, 0.3) is 0 Å². The maximum atomic E-state index is 12.2. The molecule has 4 heteroatoms. The van der Waals surface area contributed by atoms with Crippen molar-refractivity contribution in [1.29, 1.82) is 0 Å². The van der Waals surface area contributed by atoms with Crippen LogP contribution in [-0.2, 0) is 0 Å². The van der Waals surface area contributed by atoms with E-state index in [0.29, 0.717) is 5.49 Å². The molecule has 0 spiro atoms. The Morgan fingerprint density at radius 3 is 2.76 bits per heavy atom. The molecule has 2 rings (SSSR count). The highest BCUT2D eigenvalue weighted by molar-refractivity contribution is 7.12. The first kappa shape index (κ1) is 11.8. The minimum Gasteiger partial charge on any atom is -0.267 e. The Labute approximate surface area is 104 Å². The number of pyridine rings is 1. The molecule has 0 atom stereocenters. The lowest BCUT2D eigenvalue weighted by atomic mass is 10.4. The predicted molar refractivity (Wildman–Crippen MR) is 69.2 cm³/mol. The zero-order valence-electron chi connectivity index (χ0n) is 9.83. The molecule has 2 heterocycles. The molecule has 2 aromatic heterocycles. The summed E-state index contributed by atoms with van der Waals surface area (Å²) in [6.45, 7) is 3.99. The average molecular weight is 246 g/mol. The van der Waals surface area contributed by atoms with Gasteiger partial charge in [-0.25, -0.2) is 0 Å². The number of carbonyl (C=O) groups is 1. The lowest BCUT2D eigenvalue weighted by Crippen LogP contribution is -2.27. The highest BCUT2D eigenvalue weighted by atomic mass is 32.1. The first-order chi connectivity index (χ1) is 8.18. The Hall–Kier alpha value is -1.68. The van der Waals surface area contributed by atoms with Gasteiger partial charge in [-0.3, -0.25) is 14.4 Å². The van der Waals surface area contributed by atoms with Gasteiger partial charge in [-0.1, -0.05) is 12.1 Å². The number of carbonyl (C=O) groups excluding carboxylic acids is 1. The summed E-state index contributed by atoms with van der Waals surface area (Å²) < 4.78 is 1.59. The summed E-state index contributed by atoms with van der Waals surface area (Å²) in [5.41, 5.74) is 0.695. The molecule has 0 amide bonds. The third-order valence-electron chi connectivity index (χ3n) is 2.18. The molecule has 17 heavy (non-hydrogen) atoms. The second-order valence-electron chi connectivity index (χ2n) is 3.93. The van der Waals surface area contributed by atoms with Crippen molar-refractivity contribution in [3.8, 4) is 0 Å². The Morgan fingerprint density at radius 1 is 1.29 bits per heavy atom. The fourth-order valence-electron chi connectivity index (χ4n) is 1.49. The third-order valence-corrected chi connectivity index (χ3v) is 3.04. The standard InChI is InChI=1S/C13H14N2OS/c1-10(2)14-12-7-3-4-8-15(12)13(16)11-6-5-9-17-11/h3-10H,1-2H3. The summed E-state index contributed by atoms with van der Waals surface area (Å²) >= 11 is 1.44. The Bertz CT molecular complexity index is 567. The van der Waals surface area contributed by atoms with E-state index in [1.165, 1.54) is 11.3 Å². The van der Waals surface area contributed by atoms with Crippen LogP contribution in [0.15, 0.2) is 46.9 Å². The van der Waals surface area contributed by atoms with Gasteiger partial charge >= 0.3 is 0 Å². The van der Waals surface area contributed by atoms with E-state index >= 15 is 0 Å². The fourth-order valence-corrected chi connectivity index (χ4v) is 2.15. The normalized spacial score (nSPS) is 12.1. The van der Waals surface area contributed by atoms with Gasteiger partial charge in [0.05, 0.1) is 4.88 Å². The van der Waals surface area contributed by atoms with Crippen molar-refractivity contribution in [3.05, 3.63) is 52.3 Å². The fraction of sp³-hybridized carbons (Fsp3) is 0.231. The van der Waals surface area contributed by atoms with Gasteiger partial charge in [-0.2, -0.15) is 0 Å². The molecule has 0 aliphatic carbocycles. The highest BCUT2D eigenvalue weighted by Gasteiger charge is 2.09. The van der Waals surface area contributed by atoms with Crippen molar-refractivity contribution in [3.63, 3.8) is 0 Å². The van der Waals surface area contributed by atoms with Crippen LogP contribution in [0.1, 0.15) is 23.5 Å². The Balaban J connectivity index is 2.50. The lowest BCUT2D eigenvalue weighted by molar-refractivity contribution is 0.0958. The summed E-state index contributed by atoms with van der Waals surface area (Å²) in [6, 6.07) is 9.45. The van der Waals surface area contributed by atoms with Crippen molar-refractivity contribution >= 4 is 17.2 Å². The van der Waals surface area contributed by atoms with Gasteiger partial charge in [-0.05, 0) is 37.4 Å². The van der Waals surface area contributed by atoms with E-state index in [1.54, 1.807) is 10.8 Å². The first-order valence-corrected chi connectivity index (χ1v) is 6.36. The number of thiophene rings is 1. The van der Waals surface area contributed by atoms with Crippen LogP contribution >= 0.6 is 11.3 Å². The highest BCUT2D eigenvalue weighted by Crippen LogP contribution is 2.09. The van der Waals surface area contributed by atoms with Crippen molar-refractivity contribution < 1.29 is 4.79 Å². The van der Waals surface area contributed by atoms with Crippen LogP contribution in [0.2, 0.25) is 0 Å². The topological polar surface area (TPSA) is 34.4 Å². The van der Waals surface area contributed by atoms with Gasteiger partial charge in [0.15, 0.2) is 0 Å². The monoisotopic (exact) mass is 246 g/mol. The second-order valence-corrected chi connectivity index (χ2v) is 4.88. The molecule has 0 bridgehead atoms. The molecule has 88 valence electrons. The van der Waals surface area contributed by atoms with E-state index in [0.717, 1.165) is 4.88 Å². The second kappa shape index (κ2) is 5.10. The van der Waals surface area contributed by atoms with Crippen molar-refractivity contribution in [2.24, 2.45) is 4.99 Å². The smallest absolute Gasteiger partial charge is 0.267 e. The molecular weight excluding hydrogens is 232 g/mol. The van der Waals surface area contributed by atoms with Gasteiger partial charge in [0.25, 0.3) is 5.91 Å². The van der Waals surface area contributed by atoms with E-state index < -0.39 is 0 Å². The summed E-state index contributed by atoms with van der Waals surface area (Å²) in [5.74, 6) is -0.0278. The predicted octanol–water partition coefficient (Wildman–Crippen LogP) is 2.55. The molecular formula is C13H14N2OS. The number of nitrogens with zero attached hydrogens (tertiary/aromatic N) is 2. The molecule has 0 aromatic carbocycles. The molecule has 0 saturated heterocycles. The minimum absolute atomic E-state index is 0.0278. The summed E-state index contributed by atoms with van der Waals surface area (Å²) in [5, 5.41) is 1.90. The van der Waals surface area contributed by atoms with Gasteiger partial charge in [-0.15, -0.1) is 11.3 Å². The van der Waals surface area contributed by atoms with E-state index in [1.807, 2.05) is 49.6 Å². The average Bonchev–Trinajstić information content (AvgIpc) is 2.81. The summed E-state index contributed by atoms with van der Waals surface area (Å²) in [7, 11) is 0. The molecule has 0 N–H and O–H groups in total. The molecule has 2 aromatic rings. The van der Waals surface area contributed by atoms with Crippen LogP contribution in [0, 0.1) is 0 Å². The molecule has 0 saturated carbocycles. The van der Waals surface area contributed by atoms with E-state index in [4.69, 9.17) is 0 Å². The van der Waals surface area contributed by atoms with E-state index in [9.17, 15) is 4.79 Å². The first-order valence-electron chi connectivity index (χ1n) is 5.48. The lowest BCUT2D eigenvalue weighted by Gasteiger charge is -2.05. The molecule has 0 radical (unpaired) electrons. The molecule has 0 fully saturated rings. The number of aromatic nitrogens is 1. The van der Waals surface area contributed by atoms with Crippen LogP contribution in [0.5, 0.6) is 0 Å². The van der Waals surface area contributed by atoms with Gasteiger partial charge in [0.2, 0.25) is 0 Å². The Kier molecular flexibility index (Phi) is 3.54. The van der Waals surface area contributed by atoms with Crippen LogP contribution < -0.4 is 5.49 Å². The Morgan fingerprint density at radius 2 is 2.12 bits per heavy atom. The van der Waals surface area contributed by atoms with Crippen molar-refractivity contribution in [1.82, 2.24) is 4.57 Å². The third kappa shape index (κ3) is 2.71. The quantitative estimate of drug-likeness (QED) is 0.802. The minimum atomic E-state index is -0.0278. The van der Waals surface area contributed by atoms with E-state index in [-0.39, 0.29) is 11.9 Å². The number of hydrogen-bond acceptors (Lipinski definition) is 3. The van der Waals surface area contributed by atoms with Crippen LogP contribution in [0.3, 0.4) is 0 Å². The van der Waals surface area contributed by atoms with Gasteiger partial charge in [0, 0.05) is 12.2 Å². The van der Waals surface area contributed by atoms with E-state index in [2.05, 4.69) is 4.99 Å². The summed E-state index contributed by atoms with van der Waals surface area (Å²) in [6.07, 6.45) is 1.75. The van der Waals surface area contributed by atoms with Crippen LogP contribution in [-0.4, -0.2) is 16.5 Å². The summed E-state index contributed by atoms with van der Waals surface area (Å²) in [4.78, 5) is 17.4. The maximum Gasteiger partial charge on any atom is 0.273 e. The van der Waals surface area contributed by atoms with Crippen molar-refractivity contribution in [2.45, 2.75) is 19.9 Å². The molecule has 0 unspecified atom stereocenters. The molecule has 0 aliphatic heterocycles. The number of hydrogen-bond donors (Lipinski definition) is 0. The SMILES string of the molecule is CC(C)N=c1ccccn1C(=O)c1cccs1. The zero-order valence-corrected chi connectivity index (χ0v) is 10.6. The van der Waals surface area contributed by atoms with Crippen LogP contribution in [0.4, 0.5) is 0 Å². The van der Waals surface area contributed by atoms with Gasteiger partial charge in [0.1, 0.15) is 5.49 Å². The van der Waals surface area contributed by atoms with Crippen molar-refractivity contribution in [2.75, 3.05) is 0 Å². The molecule has 3 nitrogen and oxygen atoms in total. The van der Waals surface area contributed by atoms with Gasteiger partial charge < -0.3 is 0 Å². The zero-order chi connectivity index (χ0) is 12.3. The maximum absolute atomic E-state index is 12.2. The number of rotatable bonds is 2. The largest absolute Gasteiger partial charge is 0.273 e.